The zero-order valence-corrected chi connectivity index (χ0v) is 18.7. The van der Waals surface area contributed by atoms with Crippen LogP contribution in [0, 0.1) is 0 Å². The Morgan fingerprint density at radius 3 is 2.74 bits per heavy atom. The number of hydrogen-bond acceptors (Lipinski definition) is 8. The van der Waals surface area contributed by atoms with Gasteiger partial charge in [0, 0.05) is 17.8 Å². The molecular weight excluding hydrogens is 491 g/mol. The van der Waals surface area contributed by atoms with Gasteiger partial charge in [0.2, 0.25) is 5.69 Å². The number of aromatic amines is 1. The number of ether oxygens (including phenoxy) is 2. The quantitative estimate of drug-likeness (QED) is 0.376. The van der Waals surface area contributed by atoms with Crippen molar-refractivity contribution in [1.29, 1.82) is 0 Å². The highest BCUT2D eigenvalue weighted by Crippen LogP contribution is 2.36. The lowest BCUT2D eigenvalue weighted by Crippen LogP contribution is -2.22. The summed E-state index contributed by atoms with van der Waals surface area (Å²) in [4.78, 5) is 46.3. The Hall–Kier alpha value is -4.20. The van der Waals surface area contributed by atoms with Crippen molar-refractivity contribution < 1.29 is 32.2 Å². The van der Waals surface area contributed by atoms with E-state index in [9.17, 15) is 27.6 Å². The topological polar surface area (TPSA) is 128 Å². The standard InChI is InChI=1S/C21H16F3N5O5S/c1-2-33-19(31)17-18(30)28-13-7-12(21(22,23)24)15(8-14(13)27-17)29-5-4-25-16(29)9-34-20(32)26-11-3-6-35-10-11/h3-8,10H,2,9H2,1H3,(H,26,32)(H,28,30). The van der Waals surface area contributed by atoms with Crippen molar-refractivity contribution in [3.63, 3.8) is 0 Å². The zero-order chi connectivity index (χ0) is 25.2. The molecule has 10 nitrogen and oxygen atoms in total. The number of H-pyrrole nitrogens is 1. The molecule has 4 rings (SSSR count). The Morgan fingerprint density at radius 2 is 2.06 bits per heavy atom. The number of halogens is 3. The fourth-order valence-corrected chi connectivity index (χ4v) is 3.75. The van der Waals surface area contributed by atoms with Crippen molar-refractivity contribution >= 4 is 40.1 Å². The van der Waals surface area contributed by atoms with Crippen molar-refractivity contribution in [2.75, 3.05) is 11.9 Å². The fraction of sp³-hybridized carbons (Fsp3) is 0.190. The Labute approximate surface area is 198 Å². The predicted octanol–water partition coefficient (Wildman–Crippen LogP) is 4.11. The summed E-state index contributed by atoms with van der Waals surface area (Å²) in [6.45, 7) is 1.07. The molecule has 182 valence electrons. The van der Waals surface area contributed by atoms with Gasteiger partial charge in [-0.1, -0.05) is 0 Å². The molecule has 0 unspecified atom stereocenters. The Bertz CT molecular complexity index is 1450. The number of imidazole rings is 1. The van der Waals surface area contributed by atoms with Crippen molar-refractivity contribution in [3.8, 4) is 5.69 Å². The number of esters is 1. The zero-order valence-electron chi connectivity index (χ0n) is 17.9. The van der Waals surface area contributed by atoms with E-state index < -0.39 is 47.3 Å². The van der Waals surface area contributed by atoms with E-state index in [-0.39, 0.29) is 23.5 Å². The second-order valence-corrected chi connectivity index (χ2v) is 7.73. The van der Waals surface area contributed by atoms with Crippen LogP contribution in [0.2, 0.25) is 0 Å². The molecule has 0 saturated heterocycles. The number of amides is 1. The molecule has 0 bridgehead atoms. The van der Waals surface area contributed by atoms with Gasteiger partial charge in [-0.25, -0.2) is 19.6 Å². The molecular formula is C21H16F3N5O5S. The number of aromatic nitrogens is 4. The van der Waals surface area contributed by atoms with Crippen LogP contribution in [-0.2, 0) is 22.3 Å². The summed E-state index contributed by atoms with van der Waals surface area (Å²) in [5.74, 6) is -1.02. The third-order valence-electron chi connectivity index (χ3n) is 4.66. The van der Waals surface area contributed by atoms with Gasteiger partial charge in [0.05, 0.1) is 34.6 Å². The lowest BCUT2D eigenvalue weighted by atomic mass is 10.1. The van der Waals surface area contributed by atoms with Gasteiger partial charge in [-0.05, 0) is 30.5 Å². The first-order valence-corrected chi connectivity index (χ1v) is 10.9. The highest BCUT2D eigenvalue weighted by molar-refractivity contribution is 7.08. The van der Waals surface area contributed by atoms with Crippen molar-refractivity contribution in [3.05, 3.63) is 68.8 Å². The van der Waals surface area contributed by atoms with E-state index in [0.717, 1.165) is 10.6 Å². The van der Waals surface area contributed by atoms with Crippen LogP contribution in [0.1, 0.15) is 28.8 Å². The molecule has 4 aromatic rings. The van der Waals surface area contributed by atoms with Crippen LogP contribution in [0.4, 0.5) is 23.7 Å². The Balaban J connectivity index is 1.73. The summed E-state index contributed by atoms with van der Waals surface area (Å²) < 4.78 is 52.7. The normalized spacial score (nSPS) is 11.4. The summed E-state index contributed by atoms with van der Waals surface area (Å²) >= 11 is 1.36. The molecule has 0 aliphatic carbocycles. The number of carbonyl (C=O) groups excluding carboxylic acids is 2. The van der Waals surface area contributed by atoms with Crippen molar-refractivity contribution in [2.24, 2.45) is 0 Å². The number of alkyl halides is 3. The van der Waals surface area contributed by atoms with E-state index in [1.54, 1.807) is 16.8 Å². The maximum Gasteiger partial charge on any atom is 0.418 e. The van der Waals surface area contributed by atoms with E-state index in [2.05, 4.69) is 20.3 Å². The summed E-state index contributed by atoms with van der Waals surface area (Å²) in [6, 6.07) is 3.41. The number of nitrogens with zero attached hydrogens (tertiary/aromatic N) is 3. The van der Waals surface area contributed by atoms with E-state index in [1.165, 1.54) is 30.7 Å². The maximum absolute atomic E-state index is 13.9. The molecule has 1 aromatic carbocycles. The van der Waals surface area contributed by atoms with E-state index >= 15 is 0 Å². The highest BCUT2D eigenvalue weighted by atomic mass is 32.1. The number of thiophene rings is 1. The summed E-state index contributed by atoms with van der Waals surface area (Å²) in [5.41, 5.74) is -2.88. The van der Waals surface area contributed by atoms with Crippen LogP contribution >= 0.6 is 11.3 Å². The van der Waals surface area contributed by atoms with Crippen LogP contribution in [0.5, 0.6) is 0 Å². The minimum absolute atomic E-state index is 0.00893. The largest absolute Gasteiger partial charge is 0.461 e. The molecule has 0 radical (unpaired) electrons. The molecule has 35 heavy (non-hydrogen) atoms. The highest BCUT2D eigenvalue weighted by Gasteiger charge is 2.35. The number of anilines is 1. The van der Waals surface area contributed by atoms with Crippen LogP contribution in [0.15, 0.2) is 46.1 Å². The van der Waals surface area contributed by atoms with Gasteiger partial charge < -0.3 is 19.0 Å². The van der Waals surface area contributed by atoms with Gasteiger partial charge in [0.25, 0.3) is 5.56 Å². The van der Waals surface area contributed by atoms with Crippen LogP contribution in [0.25, 0.3) is 16.7 Å². The number of rotatable bonds is 6. The summed E-state index contributed by atoms with van der Waals surface area (Å²) in [6.07, 6.45) is -3.14. The van der Waals surface area contributed by atoms with Gasteiger partial charge in [0.1, 0.15) is 0 Å². The van der Waals surface area contributed by atoms with Crippen molar-refractivity contribution in [1.82, 2.24) is 19.5 Å². The second kappa shape index (κ2) is 9.58. The predicted molar refractivity (Wildman–Crippen MR) is 119 cm³/mol. The SMILES string of the molecule is CCOC(=O)c1nc2cc(-n3ccnc3COC(=O)Nc3ccsc3)c(C(F)(F)F)cc2[nH]c1=O. The molecule has 0 aliphatic rings. The van der Waals surface area contributed by atoms with E-state index in [4.69, 9.17) is 9.47 Å². The summed E-state index contributed by atoms with van der Waals surface area (Å²) in [5, 5.41) is 5.90. The Morgan fingerprint density at radius 1 is 1.26 bits per heavy atom. The number of fused-ring (bicyclic) bond motifs is 1. The minimum atomic E-state index is -4.82. The molecule has 0 spiro atoms. The van der Waals surface area contributed by atoms with Gasteiger partial charge in [0.15, 0.2) is 12.4 Å². The van der Waals surface area contributed by atoms with Crippen LogP contribution < -0.4 is 10.9 Å². The molecule has 1 amide bonds. The average molecular weight is 507 g/mol. The number of benzene rings is 1. The number of nitrogens with one attached hydrogen (secondary N) is 2. The smallest absolute Gasteiger partial charge is 0.418 e. The van der Waals surface area contributed by atoms with Gasteiger partial charge in [-0.2, -0.15) is 24.5 Å². The Kier molecular flexibility index (Phi) is 6.55. The number of carbonyl (C=O) groups is 2. The van der Waals surface area contributed by atoms with Crippen LogP contribution in [0.3, 0.4) is 0 Å². The molecule has 2 N–H and O–H groups in total. The maximum atomic E-state index is 13.9. The third-order valence-corrected chi connectivity index (χ3v) is 5.34. The van der Waals surface area contributed by atoms with Crippen LogP contribution in [-0.4, -0.2) is 38.2 Å². The molecule has 14 heteroatoms. The molecule has 0 aliphatic heterocycles. The van der Waals surface area contributed by atoms with Gasteiger partial charge in [-0.15, -0.1) is 0 Å². The van der Waals surface area contributed by atoms with E-state index in [0.29, 0.717) is 11.8 Å². The molecule has 0 saturated carbocycles. The average Bonchev–Trinajstić information content (AvgIpc) is 3.48. The fourth-order valence-electron chi connectivity index (χ4n) is 3.17. The third kappa shape index (κ3) is 5.16. The molecule has 3 heterocycles. The van der Waals surface area contributed by atoms with Gasteiger partial charge in [-0.3, -0.25) is 10.1 Å². The first-order valence-electron chi connectivity index (χ1n) is 9.98. The molecule has 3 aromatic heterocycles. The second-order valence-electron chi connectivity index (χ2n) is 6.95. The van der Waals surface area contributed by atoms with Crippen molar-refractivity contribution in [2.45, 2.75) is 19.7 Å². The summed E-state index contributed by atoms with van der Waals surface area (Å²) in [7, 11) is 0. The lowest BCUT2D eigenvalue weighted by Gasteiger charge is -2.17. The first-order chi connectivity index (χ1) is 16.7. The minimum Gasteiger partial charge on any atom is -0.461 e. The van der Waals surface area contributed by atoms with Gasteiger partial charge >= 0.3 is 18.2 Å². The first kappa shape index (κ1) is 23.9. The molecule has 0 fully saturated rings. The number of hydrogen-bond donors (Lipinski definition) is 2. The molecule has 0 atom stereocenters. The van der Waals surface area contributed by atoms with E-state index in [1.807, 2.05) is 0 Å². The monoisotopic (exact) mass is 507 g/mol. The lowest BCUT2D eigenvalue weighted by molar-refractivity contribution is -0.137.